The van der Waals surface area contributed by atoms with Crippen LogP contribution in [0.1, 0.15) is 12.5 Å². The third kappa shape index (κ3) is 4.96. The van der Waals surface area contributed by atoms with Crippen molar-refractivity contribution in [1.82, 2.24) is 0 Å². The molecule has 0 radical (unpaired) electrons. The summed E-state index contributed by atoms with van der Waals surface area (Å²) in [4.78, 5) is 11.3. The van der Waals surface area contributed by atoms with Crippen LogP contribution in [-0.2, 0) is 16.0 Å². The maximum Gasteiger partial charge on any atom is 0.573 e. The van der Waals surface area contributed by atoms with Gasteiger partial charge in [-0.2, -0.15) is 0 Å². The molecule has 1 aromatic carbocycles. The van der Waals surface area contributed by atoms with Crippen LogP contribution in [0.25, 0.3) is 0 Å². The second-order valence-electron chi connectivity index (χ2n) is 3.91. The van der Waals surface area contributed by atoms with Gasteiger partial charge in [-0.3, -0.25) is 4.79 Å². The van der Waals surface area contributed by atoms with Crippen LogP contribution in [0.15, 0.2) is 18.2 Å². The first kappa shape index (κ1) is 16.1. The molecule has 20 heavy (non-hydrogen) atoms. The van der Waals surface area contributed by atoms with E-state index in [9.17, 15) is 23.1 Å². The highest BCUT2D eigenvalue weighted by Gasteiger charge is 2.32. The number of hydrogen-bond donors (Lipinski definition) is 2. The summed E-state index contributed by atoms with van der Waals surface area (Å²) in [6.45, 7) is 1.77. The molecule has 0 aliphatic heterocycles. The first-order chi connectivity index (χ1) is 9.23. The number of nitrogens with two attached hydrogens (primary N) is 1. The Hall–Kier alpha value is -1.96. The van der Waals surface area contributed by atoms with Gasteiger partial charge in [-0.05, 0) is 31.0 Å². The summed E-state index contributed by atoms with van der Waals surface area (Å²) in [5, 5.41) is 9.28. The summed E-state index contributed by atoms with van der Waals surface area (Å²) in [5.74, 6) is -2.05. The first-order valence-corrected chi connectivity index (χ1v) is 5.72. The summed E-state index contributed by atoms with van der Waals surface area (Å²) >= 11 is 0. The lowest BCUT2D eigenvalue weighted by atomic mass is 10.1. The summed E-state index contributed by atoms with van der Waals surface area (Å²) in [5.41, 5.74) is 5.86. The topological polar surface area (TPSA) is 81.8 Å². The van der Waals surface area contributed by atoms with Gasteiger partial charge in [0.25, 0.3) is 0 Å². The number of ether oxygens (including phenoxy) is 2. The van der Waals surface area contributed by atoms with E-state index in [1.807, 2.05) is 0 Å². The lowest BCUT2D eigenvalue weighted by Crippen LogP contribution is -2.34. The van der Waals surface area contributed by atoms with Gasteiger partial charge in [-0.25, -0.2) is 0 Å². The lowest BCUT2D eigenvalue weighted by Gasteiger charge is -2.13. The van der Waals surface area contributed by atoms with Crippen LogP contribution in [0.2, 0.25) is 0 Å². The summed E-state index contributed by atoms with van der Waals surface area (Å²) in [6, 6.07) is 2.35. The highest BCUT2D eigenvalue weighted by Crippen LogP contribution is 2.32. The van der Waals surface area contributed by atoms with Crippen LogP contribution in [0.5, 0.6) is 11.5 Å². The van der Waals surface area contributed by atoms with Crippen molar-refractivity contribution < 1.29 is 32.5 Å². The van der Waals surface area contributed by atoms with Crippen molar-refractivity contribution in [2.45, 2.75) is 25.7 Å². The Morgan fingerprint density at radius 1 is 1.45 bits per heavy atom. The third-order valence-corrected chi connectivity index (χ3v) is 2.29. The molecule has 5 nitrogen and oxygen atoms in total. The molecule has 1 unspecified atom stereocenters. The molecule has 0 bridgehead atoms. The molecule has 1 rings (SSSR count). The van der Waals surface area contributed by atoms with Gasteiger partial charge in [0.2, 0.25) is 0 Å². The van der Waals surface area contributed by atoms with Gasteiger partial charge < -0.3 is 20.3 Å². The number of aromatic hydroxyl groups is 1. The van der Waals surface area contributed by atoms with E-state index in [1.165, 1.54) is 6.07 Å². The Morgan fingerprint density at radius 3 is 2.65 bits per heavy atom. The molecular formula is C12H14F3NO4. The molecule has 0 spiro atoms. The number of phenolic OH excluding ortho intramolecular Hbond substituents is 1. The van der Waals surface area contributed by atoms with Gasteiger partial charge in [0.15, 0.2) is 11.5 Å². The van der Waals surface area contributed by atoms with Gasteiger partial charge in [-0.1, -0.05) is 6.07 Å². The van der Waals surface area contributed by atoms with Crippen LogP contribution in [-0.4, -0.2) is 30.1 Å². The number of carbonyl (C=O) groups excluding carboxylic acids is 1. The van der Waals surface area contributed by atoms with Crippen molar-refractivity contribution in [1.29, 1.82) is 0 Å². The lowest BCUT2D eigenvalue weighted by molar-refractivity contribution is -0.275. The molecule has 1 aromatic rings. The summed E-state index contributed by atoms with van der Waals surface area (Å²) < 4.78 is 44.7. The van der Waals surface area contributed by atoms with E-state index in [-0.39, 0.29) is 13.0 Å². The van der Waals surface area contributed by atoms with Crippen LogP contribution < -0.4 is 10.5 Å². The number of benzene rings is 1. The molecule has 0 aliphatic carbocycles. The van der Waals surface area contributed by atoms with E-state index in [0.717, 1.165) is 12.1 Å². The molecule has 0 saturated heterocycles. The zero-order valence-electron chi connectivity index (χ0n) is 10.6. The van der Waals surface area contributed by atoms with Crippen molar-refractivity contribution >= 4 is 5.97 Å². The molecule has 0 amide bonds. The minimum Gasteiger partial charge on any atom is -0.504 e. The van der Waals surface area contributed by atoms with E-state index in [1.54, 1.807) is 6.92 Å². The van der Waals surface area contributed by atoms with Gasteiger partial charge in [0.1, 0.15) is 6.04 Å². The number of esters is 1. The molecule has 8 heteroatoms. The van der Waals surface area contributed by atoms with Crippen molar-refractivity contribution in [3.63, 3.8) is 0 Å². The fraction of sp³-hybridized carbons (Fsp3) is 0.417. The third-order valence-electron chi connectivity index (χ3n) is 2.29. The largest absolute Gasteiger partial charge is 0.573 e. The number of rotatable bonds is 5. The fourth-order valence-electron chi connectivity index (χ4n) is 1.48. The number of hydrogen-bond acceptors (Lipinski definition) is 5. The van der Waals surface area contributed by atoms with E-state index in [0.29, 0.717) is 5.56 Å². The minimum atomic E-state index is -4.92. The summed E-state index contributed by atoms with van der Waals surface area (Å²) in [6.07, 6.45) is -4.95. The molecular weight excluding hydrogens is 279 g/mol. The van der Waals surface area contributed by atoms with Gasteiger partial charge in [0.05, 0.1) is 6.61 Å². The Morgan fingerprint density at radius 2 is 2.10 bits per heavy atom. The molecule has 1 atom stereocenters. The van der Waals surface area contributed by atoms with Crippen LogP contribution in [0.3, 0.4) is 0 Å². The molecule has 0 aromatic heterocycles. The van der Waals surface area contributed by atoms with Crippen LogP contribution >= 0.6 is 0 Å². The standard InChI is InChI=1S/C12H14F3NO4/c1-2-19-11(18)8(16)5-7-3-4-9(17)10(6-7)20-12(13,14)15/h3-4,6,8,17H,2,5,16H2,1H3. The van der Waals surface area contributed by atoms with E-state index >= 15 is 0 Å². The van der Waals surface area contributed by atoms with Crippen LogP contribution in [0, 0.1) is 0 Å². The predicted molar refractivity (Wildman–Crippen MR) is 63.1 cm³/mol. The second-order valence-corrected chi connectivity index (χ2v) is 3.91. The molecule has 112 valence electrons. The Labute approximate surface area is 113 Å². The number of carbonyl (C=O) groups is 1. The van der Waals surface area contributed by atoms with Gasteiger partial charge >= 0.3 is 12.3 Å². The Balaban J connectivity index is 2.82. The molecule has 0 heterocycles. The number of phenols is 1. The molecule has 3 N–H and O–H groups in total. The normalized spacial score (nSPS) is 12.8. The van der Waals surface area contributed by atoms with E-state index in [2.05, 4.69) is 9.47 Å². The molecule has 0 saturated carbocycles. The fourth-order valence-corrected chi connectivity index (χ4v) is 1.48. The molecule has 0 aliphatic rings. The zero-order valence-corrected chi connectivity index (χ0v) is 10.6. The quantitative estimate of drug-likeness (QED) is 0.808. The first-order valence-electron chi connectivity index (χ1n) is 5.72. The second kappa shape index (κ2) is 6.47. The highest BCUT2D eigenvalue weighted by atomic mass is 19.4. The average molecular weight is 293 g/mol. The van der Waals surface area contributed by atoms with Crippen molar-refractivity contribution in [2.24, 2.45) is 5.73 Å². The highest BCUT2D eigenvalue weighted by molar-refractivity contribution is 5.75. The SMILES string of the molecule is CCOC(=O)C(N)Cc1ccc(O)c(OC(F)(F)F)c1. The average Bonchev–Trinajstić information content (AvgIpc) is 2.32. The van der Waals surface area contributed by atoms with Crippen molar-refractivity contribution in [3.05, 3.63) is 23.8 Å². The summed E-state index contributed by atoms with van der Waals surface area (Å²) in [7, 11) is 0. The van der Waals surface area contributed by atoms with Gasteiger partial charge in [-0.15, -0.1) is 13.2 Å². The maximum absolute atomic E-state index is 12.1. The smallest absolute Gasteiger partial charge is 0.504 e. The molecule has 0 fully saturated rings. The van der Waals surface area contributed by atoms with Crippen molar-refractivity contribution in [3.8, 4) is 11.5 Å². The monoisotopic (exact) mass is 293 g/mol. The van der Waals surface area contributed by atoms with Gasteiger partial charge in [0, 0.05) is 0 Å². The zero-order chi connectivity index (χ0) is 15.3. The predicted octanol–water partition coefficient (Wildman–Crippen LogP) is 1.72. The van der Waals surface area contributed by atoms with E-state index in [4.69, 9.17) is 5.73 Å². The van der Waals surface area contributed by atoms with Crippen LogP contribution in [0.4, 0.5) is 13.2 Å². The minimum absolute atomic E-state index is 0.0344. The Bertz CT molecular complexity index is 476. The number of alkyl halides is 3. The van der Waals surface area contributed by atoms with E-state index < -0.39 is 29.9 Å². The number of halogens is 3. The maximum atomic E-state index is 12.1. The van der Waals surface area contributed by atoms with Crippen molar-refractivity contribution in [2.75, 3.05) is 6.61 Å². The Kier molecular flexibility index (Phi) is 5.20.